The highest BCUT2D eigenvalue weighted by Crippen LogP contribution is 2.19. The van der Waals surface area contributed by atoms with Crippen LogP contribution in [0.5, 0.6) is 0 Å². The lowest BCUT2D eigenvalue weighted by Gasteiger charge is -2.22. The quantitative estimate of drug-likeness (QED) is 0.722. The fourth-order valence-electron chi connectivity index (χ4n) is 3.93. The minimum Gasteiger partial charge on any atom is -0.352 e. The Morgan fingerprint density at radius 3 is 2.59 bits per heavy atom. The molecule has 29 heavy (non-hydrogen) atoms. The molecule has 0 bridgehead atoms. The van der Waals surface area contributed by atoms with Crippen LogP contribution >= 0.6 is 0 Å². The fraction of sp³-hybridized carbons (Fsp3) is 0.455. The van der Waals surface area contributed by atoms with Crippen LogP contribution < -0.4 is 10.9 Å². The molecule has 1 N–H and O–H groups in total. The first-order chi connectivity index (χ1) is 14.0. The Morgan fingerprint density at radius 1 is 1.17 bits per heavy atom. The largest absolute Gasteiger partial charge is 0.352 e. The van der Waals surface area contributed by atoms with E-state index in [9.17, 15) is 9.59 Å². The van der Waals surface area contributed by atoms with Gasteiger partial charge in [0.25, 0.3) is 5.56 Å². The van der Waals surface area contributed by atoms with E-state index >= 15 is 0 Å². The molecule has 7 heteroatoms. The SMILES string of the molecule is CC(C)c1ccc(-n2ncc3c(=O)n(CC(=O)NC4CCCCC4)cnc32)cc1. The minimum absolute atomic E-state index is 0.0213. The van der Waals surface area contributed by atoms with Crippen LogP contribution in [0, 0.1) is 0 Å². The molecule has 0 atom stereocenters. The third-order valence-corrected chi connectivity index (χ3v) is 5.64. The van der Waals surface area contributed by atoms with Crippen LogP contribution in [-0.4, -0.2) is 31.3 Å². The van der Waals surface area contributed by atoms with Gasteiger partial charge in [-0.25, -0.2) is 9.67 Å². The summed E-state index contributed by atoms with van der Waals surface area (Å²) in [6, 6.07) is 8.30. The number of nitrogens with one attached hydrogen (secondary N) is 1. The van der Waals surface area contributed by atoms with Crippen molar-refractivity contribution in [2.75, 3.05) is 0 Å². The topological polar surface area (TPSA) is 81.8 Å². The average Bonchev–Trinajstić information content (AvgIpc) is 3.16. The third-order valence-electron chi connectivity index (χ3n) is 5.64. The van der Waals surface area contributed by atoms with Crippen molar-refractivity contribution in [1.82, 2.24) is 24.6 Å². The van der Waals surface area contributed by atoms with E-state index in [1.165, 1.54) is 29.1 Å². The van der Waals surface area contributed by atoms with E-state index in [2.05, 4.69) is 41.4 Å². The molecule has 4 rings (SSSR count). The van der Waals surface area contributed by atoms with Crippen LogP contribution in [0.4, 0.5) is 0 Å². The second-order valence-electron chi connectivity index (χ2n) is 8.12. The molecule has 0 spiro atoms. The van der Waals surface area contributed by atoms with E-state index in [0.29, 0.717) is 17.0 Å². The smallest absolute Gasteiger partial charge is 0.264 e. The standard InChI is InChI=1S/C22H27N5O2/c1-15(2)16-8-10-18(11-9-16)27-21-19(12-24-27)22(29)26(14-23-21)13-20(28)25-17-6-4-3-5-7-17/h8-12,14-15,17H,3-7,13H2,1-2H3,(H,25,28). The summed E-state index contributed by atoms with van der Waals surface area (Å²) in [5, 5.41) is 7.80. The lowest BCUT2D eigenvalue weighted by molar-refractivity contribution is -0.122. The van der Waals surface area contributed by atoms with E-state index in [1.54, 1.807) is 4.68 Å². The zero-order valence-corrected chi connectivity index (χ0v) is 17.0. The van der Waals surface area contributed by atoms with E-state index in [-0.39, 0.29) is 24.1 Å². The molecule has 1 amide bonds. The zero-order chi connectivity index (χ0) is 20.4. The molecule has 1 aromatic carbocycles. The van der Waals surface area contributed by atoms with Crippen molar-refractivity contribution in [2.24, 2.45) is 0 Å². The molecule has 7 nitrogen and oxygen atoms in total. The number of hydrogen-bond acceptors (Lipinski definition) is 4. The average molecular weight is 393 g/mol. The molecular weight excluding hydrogens is 366 g/mol. The van der Waals surface area contributed by atoms with Gasteiger partial charge in [0.1, 0.15) is 18.3 Å². The van der Waals surface area contributed by atoms with Gasteiger partial charge in [0.05, 0.1) is 11.9 Å². The Kier molecular flexibility index (Phi) is 5.47. The molecule has 1 aliphatic rings. The van der Waals surface area contributed by atoms with Crippen LogP contribution in [-0.2, 0) is 11.3 Å². The summed E-state index contributed by atoms with van der Waals surface area (Å²) in [5.74, 6) is 0.306. The van der Waals surface area contributed by atoms with Crippen LogP contribution in [0.1, 0.15) is 57.4 Å². The van der Waals surface area contributed by atoms with Gasteiger partial charge in [-0.15, -0.1) is 0 Å². The van der Waals surface area contributed by atoms with E-state index in [4.69, 9.17) is 0 Å². The fourth-order valence-corrected chi connectivity index (χ4v) is 3.93. The first kappa shape index (κ1) is 19.4. The van der Waals surface area contributed by atoms with Gasteiger partial charge in [0.2, 0.25) is 5.91 Å². The highest BCUT2D eigenvalue weighted by Gasteiger charge is 2.17. The molecule has 152 valence electrons. The number of aromatic nitrogens is 4. The highest BCUT2D eigenvalue weighted by atomic mass is 16.2. The molecule has 0 radical (unpaired) electrons. The van der Waals surface area contributed by atoms with Gasteiger partial charge in [-0.05, 0) is 36.5 Å². The van der Waals surface area contributed by atoms with Crippen molar-refractivity contribution in [3.8, 4) is 5.69 Å². The summed E-state index contributed by atoms with van der Waals surface area (Å²) in [7, 11) is 0. The summed E-state index contributed by atoms with van der Waals surface area (Å²) < 4.78 is 3.02. The van der Waals surface area contributed by atoms with E-state index < -0.39 is 0 Å². The summed E-state index contributed by atoms with van der Waals surface area (Å²) in [4.78, 5) is 29.6. The molecule has 2 aromatic heterocycles. The Bertz CT molecular complexity index is 1060. The first-order valence-corrected chi connectivity index (χ1v) is 10.4. The maximum absolute atomic E-state index is 12.8. The molecule has 2 heterocycles. The lowest BCUT2D eigenvalue weighted by atomic mass is 9.95. The first-order valence-electron chi connectivity index (χ1n) is 10.4. The summed E-state index contributed by atoms with van der Waals surface area (Å²) in [6.07, 6.45) is 8.52. The molecule has 1 aliphatic carbocycles. The molecule has 0 aliphatic heterocycles. The number of carbonyl (C=O) groups is 1. The molecular formula is C22H27N5O2. The Labute approximate surface area is 169 Å². The lowest BCUT2D eigenvalue weighted by Crippen LogP contribution is -2.39. The monoisotopic (exact) mass is 393 g/mol. The van der Waals surface area contributed by atoms with Gasteiger partial charge in [-0.2, -0.15) is 5.10 Å². The number of benzene rings is 1. The van der Waals surface area contributed by atoms with Crippen molar-refractivity contribution in [1.29, 1.82) is 0 Å². The number of rotatable bonds is 5. The van der Waals surface area contributed by atoms with Gasteiger partial charge in [0, 0.05) is 6.04 Å². The van der Waals surface area contributed by atoms with Crippen molar-refractivity contribution in [3.63, 3.8) is 0 Å². The maximum atomic E-state index is 12.8. The predicted octanol–water partition coefficient (Wildman–Crippen LogP) is 3.15. The van der Waals surface area contributed by atoms with E-state index in [0.717, 1.165) is 31.4 Å². The van der Waals surface area contributed by atoms with Gasteiger partial charge in [-0.1, -0.05) is 45.2 Å². The van der Waals surface area contributed by atoms with Crippen molar-refractivity contribution < 1.29 is 4.79 Å². The highest BCUT2D eigenvalue weighted by molar-refractivity contribution is 5.78. The number of nitrogens with zero attached hydrogens (tertiary/aromatic N) is 4. The van der Waals surface area contributed by atoms with Crippen LogP contribution in [0.25, 0.3) is 16.7 Å². The molecule has 0 unspecified atom stereocenters. The Morgan fingerprint density at radius 2 is 1.90 bits per heavy atom. The molecule has 0 saturated heterocycles. The molecule has 1 saturated carbocycles. The summed E-state index contributed by atoms with van der Waals surface area (Å²) in [5.41, 5.74) is 2.34. The van der Waals surface area contributed by atoms with Crippen LogP contribution in [0.2, 0.25) is 0 Å². The summed E-state index contributed by atoms with van der Waals surface area (Å²) in [6.45, 7) is 4.27. The van der Waals surface area contributed by atoms with Gasteiger partial charge < -0.3 is 5.32 Å². The normalized spacial score (nSPS) is 15.1. The second-order valence-corrected chi connectivity index (χ2v) is 8.12. The molecule has 3 aromatic rings. The molecule has 1 fully saturated rings. The number of amides is 1. The van der Waals surface area contributed by atoms with Crippen molar-refractivity contribution in [2.45, 2.75) is 64.5 Å². The zero-order valence-electron chi connectivity index (χ0n) is 17.0. The predicted molar refractivity (Wildman–Crippen MR) is 112 cm³/mol. The van der Waals surface area contributed by atoms with Gasteiger partial charge in [-0.3, -0.25) is 14.2 Å². The van der Waals surface area contributed by atoms with Gasteiger partial charge in [0.15, 0.2) is 5.65 Å². The number of carbonyl (C=O) groups excluding carboxylic acids is 1. The van der Waals surface area contributed by atoms with E-state index in [1.807, 2.05) is 12.1 Å². The van der Waals surface area contributed by atoms with Crippen LogP contribution in [0.3, 0.4) is 0 Å². The number of fused-ring (bicyclic) bond motifs is 1. The Balaban J connectivity index is 1.55. The van der Waals surface area contributed by atoms with Crippen molar-refractivity contribution >= 4 is 16.9 Å². The minimum atomic E-state index is -0.251. The summed E-state index contributed by atoms with van der Waals surface area (Å²) >= 11 is 0. The number of hydrogen-bond donors (Lipinski definition) is 1. The van der Waals surface area contributed by atoms with Crippen LogP contribution in [0.15, 0.2) is 41.6 Å². The third kappa shape index (κ3) is 4.09. The van der Waals surface area contributed by atoms with Crippen molar-refractivity contribution in [3.05, 3.63) is 52.7 Å². The maximum Gasteiger partial charge on any atom is 0.264 e. The Hall–Kier alpha value is -2.96. The van der Waals surface area contributed by atoms with Gasteiger partial charge >= 0.3 is 0 Å². The second kappa shape index (κ2) is 8.19.